The summed E-state index contributed by atoms with van der Waals surface area (Å²) in [6.07, 6.45) is 0. The highest BCUT2D eigenvalue weighted by atomic mass is 35.5. The molecule has 1 aromatic carbocycles. The highest BCUT2D eigenvalue weighted by Crippen LogP contribution is 2.20. The summed E-state index contributed by atoms with van der Waals surface area (Å²) in [5, 5.41) is 21.7. The first-order chi connectivity index (χ1) is 7.74. The van der Waals surface area contributed by atoms with E-state index in [-0.39, 0.29) is 12.4 Å². The van der Waals surface area contributed by atoms with E-state index in [2.05, 4.69) is 5.32 Å². The van der Waals surface area contributed by atoms with Gasteiger partial charge in [0.1, 0.15) is 5.75 Å². The number of hydrogen-bond donors (Lipinski definition) is 3. The molecular formula is C11H16ClNO3. The number of nitrogens with one attached hydrogen (secondary N) is 1. The first-order valence-electron chi connectivity index (χ1n) is 5.10. The van der Waals surface area contributed by atoms with Crippen LogP contribution >= 0.6 is 11.6 Å². The molecule has 16 heavy (non-hydrogen) atoms. The lowest BCUT2D eigenvalue weighted by Gasteiger charge is -2.07. The molecule has 0 atom stereocenters. The van der Waals surface area contributed by atoms with Gasteiger partial charge in [0.2, 0.25) is 0 Å². The third-order valence-corrected chi connectivity index (χ3v) is 2.25. The van der Waals surface area contributed by atoms with Gasteiger partial charge in [-0.3, -0.25) is 0 Å². The van der Waals surface area contributed by atoms with E-state index in [1.54, 1.807) is 18.2 Å². The van der Waals surface area contributed by atoms with Crippen molar-refractivity contribution in [2.75, 3.05) is 26.4 Å². The Bertz CT molecular complexity index is 320. The predicted molar refractivity (Wildman–Crippen MR) is 62.7 cm³/mol. The zero-order chi connectivity index (χ0) is 11.8. The third-order valence-electron chi connectivity index (χ3n) is 2.02. The summed E-state index contributed by atoms with van der Waals surface area (Å²) < 4.78 is 5.07. The molecule has 0 fully saturated rings. The molecule has 0 aliphatic heterocycles. The van der Waals surface area contributed by atoms with Crippen LogP contribution in [-0.2, 0) is 11.3 Å². The second-order valence-corrected chi connectivity index (χ2v) is 3.72. The van der Waals surface area contributed by atoms with Gasteiger partial charge in [-0.2, -0.15) is 0 Å². The molecular weight excluding hydrogens is 230 g/mol. The van der Waals surface area contributed by atoms with E-state index in [0.717, 1.165) is 5.56 Å². The summed E-state index contributed by atoms with van der Waals surface area (Å²) in [4.78, 5) is 0. The fourth-order valence-corrected chi connectivity index (χ4v) is 1.42. The van der Waals surface area contributed by atoms with E-state index in [9.17, 15) is 5.11 Å². The fourth-order valence-electron chi connectivity index (χ4n) is 1.23. The minimum atomic E-state index is 0.0368. The van der Waals surface area contributed by atoms with Crippen LogP contribution in [0.4, 0.5) is 0 Å². The molecule has 0 aliphatic carbocycles. The number of phenols is 1. The molecule has 3 N–H and O–H groups in total. The molecule has 1 rings (SSSR count). The largest absolute Gasteiger partial charge is 0.508 e. The summed E-state index contributed by atoms with van der Waals surface area (Å²) in [7, 11) is 0. The molecule has 0 bridgehead atoms. The minimum absolute atomic E-state index is 0.0368. The van der Waals surface area contributed by atoms with Gasteiger partial charge in [0.15, 0.2) is 0 Å². The minimum Gasteiger partial charge on any atom is -0.508 e. The van der Waals surface area contributed by atoms with E-state index in [1.807, 2.05) is 0 Å². The summed E-state index contributed by atoms with van der Waals surface area (Å²) in [6.45, 7) is 2.11. The molecule has 0 heterocycles. The van der Waals surface area contributed by atoms with Crippen molar-refractivity contribution in [3.05, 3.63) is 28.8 Å². The number of aliphatic hydroxyl groups is 1. The van der Waals surface area contributed by atoms with Gasteiger partial charge in [0.05, 0.1) is 19.8 Å². The van der Waals surface area contributed by atoms with Gasteiger partial charge in [-0.15, -0.1) is 0 Å². The van der Waals surface area contributed by atoms with Gasteiger partial charge >= 0.3 is 0 Å². The van der Waals surface area contributed by atoms with Crippen LogP contribution in [0.3, 0.4) is 0 Å². The molecule has 0 saturated heterocycles. The lowest BCUT2D eigenvalue weighted by atomic mass is 10.2. The number of benzene rings is 1. The number of rotatable bonds is 7. The Labute approximate surface area is 99.8 Å². The van der Waals surface area contributed by atoms with Crippen molar-refractivity contribution in [2.24, 2.45) is 0 Å². The number of hydrogen-bond acceptors (Lipinski definition) is 4. The van der Waals surface area contributed by atoms with Crippen LogP contribution in [-0.4, -0.2) is 36.6 Å². The number of aromatic hydroxyl groups is 1. The van der Waals surface area contributed by atoms with Crippen LogP contribution < -0.4 is 5.32 Å². The molecule has 0 saturated carbocycles. The molecule has 4 nitrogen and oxygen atoms in total. The maximum absolute atomic E-state index is 9.51. The van der Waals surface area contributed by atoms with Gasteiger partial charge < -0.3 is 20.3 Å². The normalized spacial score (nSPS) is 10.6. The molecule has 1 aromatic rings. The Morgan fingerprint density at radius 1 is 1.31 bits per heavy atom. The van der Waals surface area contributed by atoms with Crippen molar-refractivity contribution < 1.29 is 14.9 Å². The molecule has 0 amide bonds. The van der Waals surface area contributed by atoms with Crippen LogP contribution in [0.5, 0.6) is 5.75 Å². The van der Waals surface area contributed by atoms with Crippen molar-refractivity contribution in [3.63, 3.8) is 0 Å². The Hall–Kier alpha value is -0.810. The highest BCUT2D eigenvalue weighted by molar-refractivity contribution is 6.30. The SMILES string of the molecule is OCCOCCNCc1cc(Cl)ccc1O. The molecule has 0 aromatic heterocycles. The van der Waals surface area contributed by atoms with E-state index < -0.39 is 0 Å². The zero-order valence-corrected chi connectivity index (χ0v) is 9.70. The molecule has 90 valence electrons. The van der Waals surface area contributed by atoms with Gasteiger partial charge in [-0.1, -0.05) is 11.6 Å². The number of aliphatic hydroxyl groups excluding tert-OH is 1. The Morgan fingerprint density at radius 2 is 2.12 bits per heavy atom. The van der Waals surface area contributed by atoms with Gasteiger partial charge in [0.25, 0.3) is 0 Å². The van der Waals surface area contributed by atoms with E-state index >= 15 is 0 Å². The zero-order valence-electron chi connectivity index (χ0n) is 8.95. The number of ether oxygens (including phenoxy) is 1. The van der Waals surface area contributed by atoms with Gasteiger partial charge in [0, 0.05) is 23.7 Å². The standard InChI is InChI=1S/C11H16ClNO3/c12-10-1-2-11(15)9(7-10)8-13-3-5-16-6-4-14/h1-2,7,13-15H,3-6,8H2. The van der Waals surface area contributed by atoms with E-state index in [0.29, 0.717) is 31.3 Å². The maximum atomic E-state index is 9.51. The molecule has 0 aliphatic rings. The second-order valence-electron chi connectivity index (χ2n) is 3.29. The third kappa shape index (κ3) is 4.81. The highest BCUT2D eigenvalue weighted by Gasteiger charge is 2.01. The summed E-state index contributed by atoms with van der Waals surface area (Å²) in [5.74, 6) is 0.230. The monoisotopic (exact) mass is 245 g/mol. The molecule has 5 heteroatoms. The summed E-state index contributed by atoms with van der Waals surface area (Å²) in [5.41, 5.74) is 0.759. The van der Waals surface area contributed by atoms with Crippen LogP contribution in [0, 0.1) is 0 Å². The first-order valence-corrected chi connectivity index (χ1v) is 5.48. The number of phenolic OH excluding ortho intramolecular Hbond substituents is 1. The number of halogens is 1. The molecule has 0 unspecified atom stereocenters. The van der Waals surface area contributed by atoms with Gasteiger partial charge in [-0.25, -0.2) is 0 Å². The van der Waals surface area contributed by atoms with Crippen LogP contribution in [0.15, 0.2) is 18.2 Å². The fraction of sp³-hybridized carbons (Fsp3) is 0.455. The average molecular weight is 246 g/mol. The smallest absolute Gasteiger partial charge is 0.120 e. The Balaban J connectivity index is 2.23. The lowest BCUT2D eigenvalue weighted by molar-refractivity contribution is 0.0938. The van der Waals surface area contributed by atoms with Crippen LogP contribution in [0.25, 0.3) is 0 Å². The molecule has 0 spiro atoms. The summed E-state index contributed by atoms with van der Waals surface area (Å²) >= 11 is 5.81. The van der Waals surface area contributed by atoms with E-state index in [4.69, 9.17) is 21.4 Å². The topological polar surface area (TPSA) is 61.7 Å². The van der Waals surface area contributed by atoms with E-state index in [1.165, 1.54) is 0 Å². The maximum Gasteiger partial charge on any atom is 0.120 e. The van der Waals surface area contributed by atoms with Crippen molar-refractivity contribution in [1.29, 1.82) is 0 Å². The lowest BCUT2D eigenvalue weighted by Crippen LogP contribution is -2.20. The van der Waals surface area contributed by atoms with Crippen molar-refractivity contribution in [2.45, 2.75) is 6.54 Å². The second kappa shape index (κ2) is 7.46. The van der Waals surface area contributed by atoms with Crippen molar-refractivity contribution in [3.8, 4) is 5.75 Å². The van der Waals surface area contributed by atoms with Crippen molar-refractivity contribution in [1.82, 2.24) is 5.32 Å². The first kappa shape index (κ1) is 13.3. The Morgan fingerprint density at radius 3 is 2.88 bits per heavy atom. The molecule has 0 radical (unpaired) electrons. The van der Waals surface area contributed by atoms with Crippen LogP contribution in [0.2, 0.25) is 5.02 Å². The average Bonchev–Trinajstić information content (AvgIpc) is 2.28. The quantitative estimate of drug-likeness (QED) is 0.631. The Kier molecular flexibility index (Phi) is 6.18. The summed E-state index contributed by atoms with van der Waals surface area (Å²) in [6, 6.07) is 4.94. The predicted octanol–water partition coefficient (Wildman–Crippen LogP) is 1.14. The van der Waals surface area contributed by atoms with Crippen molar-refractivity contribution >= 4 is 11.6 Å². The van der Waals surface area contributed by atoms with Crippen LogP contribution in [0.1, 0.15) is 5.56 Å². The van der Waals surface area contributed by atoms with Gasteiger partial charge in [-0.05, 0) is 18.2 Å².